The van der Waals surface area contributed by atoms with Gasteiger partial charge in [0.1, 0.15) is 0 Å². The highest BCUT2D eigenvalue weighted by atomic mass is 15.1. The van der Waals surface area contributed by atoms with E-state index in [4.69, 9.17) is 0 Å². The maximum absolute atomic E-state index is 2.46. The summed E-state index contributed by atoms with van der Waals surface area (Å²) in [5, 5.41) is 0. The fraction of sp³-hybridized carbons (Fsp3) is 1.00. The Labute approximate surface area is 91.9 Å². The van der Waals surface area contributed by atoms with Gasteiger partial charge in [0.05, 0.1) is 0 Å². The van der Waals surface area contributed by atoms with Crippen LogP contribution in [0.1, 0.15) is 54.4 Å². The summed E-state index contributed by atoms with van der Waals surface area (Å²) in [6.45, 7) is 15.3. The quantitative estimate of drug-likeness (QED) is 0.652. The van der Waals surface area contributed by atoms with Crippen LogP contribution in [0.3, 0.4) is 0 Å². The van der Waals surface area contributed by atoms with Gasteiger partial charge >= 0.3 is 0 Å². The van der Waals surface area contributed by atoms with Crippen molar-refractivity contribution in [1.82, 2.24) is 4.90 Å². The van der Waals surface area contributed by atoms with Gasteiger partial charge in [-0.2, -0.15) is 0 Å². The largest absolute Gasteiger partial charge is 0.306 e. The van der Waals surface area contributed by atoms with Gasteiger partial charge in [-0.25, -0.2) is 0 Å². The van der Waals surface area contributed by atoms with Crippen molar-refractivity contribution in [2.45, 2.75) is 54.4 Å². The summed E-state index contributed by atoms with van der Waals surface area (Å²) in [4.78, 5) is 2.46. The molecule has 14 heavy (non-hydrogen) atoms. The summed E-state index contributed by atoms with van der Waals surface area (Å²) in [6, 6.07) is 0. The van der Waals surface area contributed by atoms with Crippen molar-refractivity contribution in [1.29, 1.82) is 0 Å². The van der Waals surface area contributed by atoms with Crippen molar-refractivity contribution in [3.8, 4) is 0 Å². The second-order valence-corrected chi connectivity index (χ2v) is 3.56. The van der Waals surface area contributed by atoms with Gasteiger partial charge in [-0.05, 0) is 18.9 Å². The first kappa shape index (κ1) is 16.4. The number of hydrogen-bond donors (Lipinski definition) is 0. The molecular weight excluding hydrogens is 170 g/mol. The van der Waals surface area contributed by atoms with Crippen LogP contribution in [-0.4, -0.2) is 25.0 Å². The van der Waals surface area contributed by atoms with Gasteiger partial charge in [0, 0.05) is 13.1 Å². The lowest BCUT2D eigenvalue weighted by Crippen LogP contribution is -2.13. The summed E-state index contributed by atoms with van der Waals surface area (Å²) >= 11 is 0. The molecule has 0 aromatic rings. The Bertz CT molecular complexity index is 89.4. The molecule has 1 heteroatoms. The molecule has 0 bridgehead atoms. The van der Waals surface area contributed by atoms with Crippen molar-refractivity contribution in [2.24, 2.45) is 11.8 Å². The molecular formula is C13H31N. The zero-order valence-corrected chi connectivity index (χ0v) is 11.4. The van der Waals surface area contributed by atoms with Crippen LogP contribution < -0.4 is 0 Å². The third-order valence-electron chi connectivity index (χ3n) is 2.81. The monoisotopic (exact) mass is 201 g/mol. The van der Waals surface area contributed by atoms with E-state index in [-0.39, 0.29) is 0 Å². The molecule has 0 amide bonds. The molecule has 0 aromatic carbocycles. The minimum atomic E-state index is 0.981. The summed E-state index contributed by atoms with van der Waals surface area (Å²) in [7, 11) is 2.23. The highest BCUT2D eigenvalue weighted by Gasteiger charge is 2.27. The summed E-state index contributed by atoms with van der Waals surface area (Å²) in [5.74, 6) is 1.96. The van der Waals surface area contributed by atoms with E-state index in [0.29, 0.717) is 0 Å². The normalized spacial score (nSPS) is 25.9. The lowest BCUT2D eigenvalue weighted by atomic mass is 9.92. The third-order valence-corrected chi connectivity index (χ3v) is 2.81. The SMILES string of the molecule is CC.CC.CCC1CN(C)CC1CC. The summed E-state index contributed by atoms with van der Waals surface area (Å²) in [5.41, 5.74) is 0. The van der Waals surface area contributed by atoms with Crippen LogP contribution in [0, 0.1) is 11.8 Å². The van der Waals surface area contributed by atoms with Gasteiger partial charge < -0.3 is 4.90 Å². The van der Waals surface area contributed by atoms with Gasteiger partial charge in [-0.3, -0.25) is 0 Å². The molecule has 1 aliphatic rings. The second-order valence-electron chi connectivity index (χ2n) is 3.56. The number of hydrogen-bond acceptors (Lipinski definition) is 1. The summed E-state index contributed by atoms with van der Waals surface area (Å²) < 4.78 is 0. The standard InChI is InChI=1S/C9H19N.2C2H6/c1-4-8-6-10(3)7-9(8)5-2;2*1-2/h8-9H,4-7H2,1-3H3;2*1-2H3. The number of likely N-dealkylation sites (tertiary alicyclic amines) is 1. The first-order chi connectivity index (χ1) is 6.77. The highest BCUT2D eigenvalue weighted by Crippen LogP contribution is 2.26. The molecule has 1 saturated heterocycles. The highest BCUT2D eigenvalue weighted by molar-refractivity contribution is 4.80. The smallest absolute Gasteiger partial charge is 0.000975 e. The van der Waals surface area contributed by atoms with Crippen LogP contribution in [0.5, 0.6) is 0 Å². The molecule has 0 aliphatic carbocycles. The fourth-order valence-electron chi connectivity index (χ4n) is 2.10. The van der Waals surface area contributed by atoms with Gasteiger partial charge in [-0.1, -0.05) is 54.4 Å². The second kappa shape index (κ2) is 11.0. The van der Waals surface area contributed by atoms with Gasteiger partial charge in [0.2, 0.25) is 0 Å². The zero-order chi connectivity index (χ0) is 11.6. The molecule has 0 saturated carbocycles. The van der Waals surface area contributed by atoms with E-state index in [9.17, 15) is 0 Å². The van der Waals surface area contributed by atoms with Crippen LogP contribution in [-0.2, 0) is 0 Å². The van der Waals surface area contributed by atoms with Crippen molar-refractivity contribution >= 4 is 0 Å². The molecule has 0 aromatic heterocycles. The van der Waals surface area contributed by atoms with Gasteiger partial charge in [0.25, 0.3) is 0 Å². The Hall–Kier alpha value is -0.0400. The molecule has 88 valence electrons. The van der Waals surface area contributed by atoms with Crippen molar-refractivity contribution in [2.75, 3.05) is 20.1 Å². The van der Waals surface area contributed by atoms with E-state index in [0.717, 1.165) is 11.8 Å². The maximum Gasteiger partial charge on any atom is 0.000975 e. The van der Waals surface area contributed by atoms with Crippen molar-refractivity contribution < 1.29 is 0 Å². The maximum atomic E-state index is 2.46. The average molecular weight is 201 g/mol. The molecule has 0 radical (unpaired) electrons. The molecule has 1 rings (SSSR count). The molecule has 0 spiro atoms. The van der Waals surface area contributed by atoms with Gasteiger partial charge in [0.15, 0.2) is 0 Å². The molecule has 1 fully saturated rings. The van der Waals surface area contributed by atoms with E-state index >= 15 is 0 Å². The molecule has 0 N–H and O–H groups in total. The Morgan fingerprint density at radius 2 is 1.14 bits per heavy atom. The molecule has 2 atom stereocenters. The Morgan fingerprint density at radius 3 is 1.36 bits per heavy atom. The van der Waals surface area contributed by atoms with E-state index in [1.54, 1.807) is 0 Å². The van der Waals surface area contributed by atoms with Crippen LogP contribution in [0.4, 0.5) is 0 Å². The van der Waals surface area contributed by atoms with E-state index in [2.05, 4.69) is 25.8 Å². The lowest BCUT2D eigenvalue weighted by Gasteiger charge is -2.12. The van der Waals surface area contributed by atoms with Crippen molar-refractivity contribution in [3.63, 3.8) is 0 Å². The minimum absolute atomic E-state index is 0.981. The predicted molar refractivity (Wildman–Crippen MR) is 67.8 cm³/mol. The number of nitrogens with zero attached hydrogens (tertiary/aromatic N) is 1. The van der Waals surface area contributed by atoms with Crippen molar-refractivity contribution in [3.05, 3.63) is 0 Å². The van der Waals surface area contributed by atoms with Gasteiger partial charge in [-0.15, -0.1) is 0 Å². The van der Waals surface area contributed by atoms with Crippen LogP contribution in [0.15, 0.2) is 0 Å². The first-order valence-electron chi connectivity index (χ1n) is 6.46. The Balaban J connectivity index is 0. The number of rotatable bonds is 2. The molecule has 1 nitrogen and oxygen atoms in total. The van der Waals surface area contributed by atoms with E-state index in [1.165, 1.54) is 25.9 Å². The fourth-order valence-corrected chi connectivity index (χ4v) is 2.10. The van der Waals surface area contributed by atoms with E-state index in [1.807, 2.05) is 27.7 Å². The van der Waals surface area contributed by atoms with Crippen LogP contribution in [0.2, 0.25) is 0 Å². The summed E-state index contributed by atoms with van der Waals surface area (Å²) in [6.07, 6.45) is 2.73. The minimum Gasteiger partial charge on any atom is -0.306 e. The van der Waals surface area contributed by atoms with Crippen LogP contribution in [0.25, 0.3) is 0 Å². The Morgan fingerprint density at radius 1 is 0.857 bits per heavy atom. The van der Waals surface area contributed by atoms with Crippen LogP contribution >= 0.6 is 0 Å². The molecule has 1 heterocycles. The molecule has 1 aliphatic heterocycles. The third kappa shape index (κ3) is 5.64. The first-order valence-corrected chi connectivity index (χ1v) is 6.46. The Kier molecular flexibility index (Phi) is 12.9. The topological polar surface area (TPSA) is 3.24 Å². The predicted octanol–water partition coefficient (Wildman–Crippen LogP) is 4.04. The van der Waals surface area contributed by atoms with E-state index < -0.39 is 0 Å². The molecule has 2 unspecified atom stereocenters. The average Bonchev–Trinajstić information content (AvgIpc) is 2.64. The lowest BCUT2D eigenvalue weighted by molar-refractivity contribution is 0.392. The zero-order valence-electron chi connectivity index (χ0n) is 11.4.